The summed E-state index contributed by atoms with van der Waals surface area (Å²) in [4.78, 5) is 32.1. The highest BCUT2D eigenvalue weighted by molar-refractivity contribution is 5.94. The van der Waals surface area contributed by atoms with Crippen molar-refractivity contribution in [1.82, 2.24) is 35.4 Å². The lowest BCUT2D eigenvalue weighted by Gasteiger charge is -2.07. The third-order valence-electron chi connectivity index (χ3n) is 3.29. The number of pyridine rings is 1. The molecule has 0 atom stereocenters. The highest BCUT2D eigenvalue weighted by Crippen LogP contribution is 2.19. The largest absolute Gasteiger partial charge is 0.405 e. The second kappa shape index (κ2) is 7.54. The van der Waals surface area contributed by atoms with Crippen molar-refractivity contribution in [2.75, 3.05) is 18.9 Å². The second-order valence-electron chi connectivity index (χ2n) is 5.43. The number of halogens is 3. The van der Waals surface area contributed by atoms with Crippen molar-refractivity contribution < 1.29 is 22.5 Å². The van der Waals surface area contributed by atoms with Crippen molar-refractivity contribution in [3.63, 3.8) is 0 Å². The van der Waals surface area contributed by atoms with Gasteiger partial charge in [-0.05, 0) is 19.1 Å². The first kappa shape index (κ1) is 19.1. The molecule has 2 N–H and O–H groups in total. The Morgan fingerprint density at radius 1 is 1.14 bits per heavy atom. The van der Waals surface area contributed by atoms with Crippen molar-refractivity contribution in [2.45, 2.75) is 13.1 Å². The Bertz CT molecular complexity index is 988. The minimum Gasteiger partial charge on any atom is -0.357 e. The Balaban J connectivity index is 1.77. The normalized spacial score (nSPS) is 11.3. The third kappa shape index (κ3) is 4.55. The zero-order chi connectivity index (χ0) is 20.3. The first-order valence-corrected chi connectivity index (χ1v) is 7.81. The van der Waals surface area contributed by atoms with Gasteiger partial charge in [0.25, 0.3) is 11.8 Å². The second-order valence-corrected chi connectivity index (χ2v) is 5.43. The van der Waals surface area contributed by atoms with Crippen LogP contribution in [0, 0.1) is 6.92 Å². The topological polar surface area (TPSA) is 132 Å². The van der Waals surface area contributed by atoms with E-state index in [0.29, 0.717) is 11.8 Å². The molecule has 146 valence electrons. The number of hydrogen-bond acceptors (Lipinski definition) is 9. The van der Waals surface area contributed by atoms with Crippen LogP contribution in [0.2, 0.25) is 0 Å². The number of aromatic nitrogens is 6. The molecule has 0 aliphatic carbocycles. The molecule has 0 aliphatic rings. The molecule has 0 unspecified atom stereocenters. The van der Waals surface area contributed by atoms with Crippen LogP contribution in [-0.4, -0.2) is 55.8 Å². The molecule has 13 heteroatoms. The molecule has 0 radical (unpaired) electrons. The number of hydrogen-bond donors (Lipinski definition) is 2. The summed E-state index contributed by atoms with van der Waals surface area (Å²) in [6.07, 6.45) is -3.39. The number of alkyl halides is 3. The van der Waals surface area contributed by atoms with E-state index in [1.165, 1.54) is 12.1 Å². The van der Waals surface area contributed by atoms with Crippen LogP contribution in [0.25, 0.3) is 23.2 Å². The van der Waals surface area contributed by atoms with Crippen LogP contribution >= 0.6 is 0 Å². The lowest BCUT2D eigenvalue weighted by atomic mass is 10.2. The number of rotatable bonds is 5. The number of carbonyl (C=O) groups excluding carboxylic acids is 1. The highest BCUT2D eigenvalue weighted by atomic mass is 19.4. The summed E-state index contributed by atoms with van der Waals surface area (Å²) in [5.74, 6) is 0.208. The summed E-state index contributed by atoms with van der Waals surface area (Å²) >= 11 is 0. The van der Waals surface area contributed by atoms with E-state index in [2.05, 4.69) is 35.4 Å². The van der Waals surface area contributed by atoms with Crippen molar-refractivity contribution in [3.05, 3.63) is 29.7 Å². The Morgan fingerprint density at radius 3 is 2.57 bits per heavy atom. The molecular formula is C15H13F3N8O2. The van der Waals surface area contributed by atoms with Gasteiger partial charge in [0.15, 0.2) is 0 Å². The summed E-state index contributed by atoms with van der Waals surface area (Å²) in [7, 11) is 1.65. The Morgan fingerprint density at radius 2 is 1.93 bits per heavy atom. The standard InChI is InChI=1S/C15H13F3N8O2/c1-7-22-10(25-14(19-2)23-7)11-24-13(28-26-11)9-4-3-8(5-20-9)12(27)21-6-15(16,17)18/h3-5H,6H2,1-2H3,(H,21,27)(H,19,22,23,25). The van der Waals surface area contributed by atoms with Gasteiger partial charge in [0.05, 0.1) is 5.56 Å². The lowest BCUT2D eigenvalue weighted by Crippen LogP contribution is -2.33. The summed E-state index contributed by atoms with van der Waals surface area (Å²) < 4.78 is 41.6. The maximum absolute atomic E-state index is 12.2. The van der Waals surface area contributed by atoms with E-state index in [1.807, 2.05) is 0 Å². The maximum Gasteiger partial charge on any atom is 0.405 e. The Labute approximate surface area is 155 Å². The summed E-state index contributed by atoms with van der Waals surface area (Å²) in [5, 5.41) is 8.32. The molecule has 3 heterocycles. The number of aryl methyl sites for hydroxylation is 1. The van der Waals surface area contributed by atoms with E-state index in [9.17, 15) is 18.0 Å². The van der Waals surface area contributed by atoms with Crippen molar-refractivity contribution in [1.29, 1.82) is 0 Å². The van der Waals surface area contributed by atoms with Crippen molar-refractivity contribution in [2.24, 2.45) is 0 Å². The van der Waals surface area contributed by atoms with Crippen LogP contribution in [0.4, 0.5) is 19.1 Å². The van der Waals surface area contributed by atoms with Crippen molar-refractivity contribution >= 4 is 11.9 Å². The smallest absolute Gasteiger partial charge is 0.357 e. The molecule has 28 heavy (non-hydrogen) atoms. The molecule has 0 aromatic carbocycles. The molecule has 0 bridgehead atoms. The third-order valence-corrected chi connectivity index (χ3v) is 3.29. The first-order chi connectivity index (χ1) is 13.2. The molecule has 3 aromatic heterocycles. The van der Waals surface area contributed by atoms with Crippen LogP contribution in [0.1, 0.15) is 16.2 Å². The van der Waals surface area contributed by atoms with Gasteiger partial charge >= 0.3 is 6.18 Å². The monoisotopic (exact) mass is 394 g/mol. The number of nitrogens with zero attached hydrogens (tertiary/aromatic N) is 6. The molecule has 0 saturated heterocycles. The quantitative estimate of drug-likeness (QED) is 0.662. The fraction of sp³-hybridized carbons (Fsp3) is 0.267. The number of anilines is 1. The van der Waals surface area contributed by atoms with E-state index in [0.717, 1.165) is 6.20 Å². The summed E-state index contributed by atoms with van der Waals surface area (Å²) in [6.45, 7) is 0.248. The molecule has 0 fully saturated rings. The van der Waals surface area contributed by atoms with Crippen LogP contribution in [0.5, 0.6) is 0 Å². The average Bonchev–Trinajstić information content (AvgIpc) is 3.15. The van der Waals surface area contributed by atoms with Crippen LogP contribution in [0.3, 0.4) is 0 Å². The minimum absolute atomic E-state index is 0.0290. The molecule has 10 nitrogen and oxygen atoms in total. The van der Waals surface area contributed by atoms with Gasteiger partial charge < -0.3 is 15.2 Å². The Kier molecular flexibility index (Phi) is 5.15. The van der Waals surface area contributed by atoms with Gasteiger partial charge in [-0.15, -0.1) is 0 Å². The van der Waals surface area contributed by atoms with Gasteiger partial charge in [-0.25, -0.2) is 4.98 Å². The predicted molar refractivity (Wildman–Crippen MR) is 89.0 cm³/mol. The number of nitrogens with one attached hydrogen (secondary N) is 2. The van der Waals surface area contributed by atoms with Gasteiger partial charge in [-0.3, -0.25) is 9.78 Å². The molecule has 3 aromatic rings. The molecule has 0 spiro atoms. The molecule has 1 amide bonds. The molecule has 0 saturated carbocycles. The van der Waals surface area contributed by atoms with Gasteiger partial charge in [0.2, 0.25) is 17.6 Å². The number of amides is 1. The molecule has 3 rings (SSSR count). The van der Waals surface area contributed by atoms with Gasteiger partial charge in [0, 0.05) is 13.2 Å². The fourth-order valence-electron chi connectivity index (χ4n) is 2.05. The fourth-order valence-corrected chi connectivity index (χ4v) is 2.05. The van der Waals surface area contributed by atoms with E-state index >= 15 is 0 Å². The van der Waals surface area contributed by atoms with Gasteiger partial charge in [-0.2, -0.15) is 28.1 Å². The lowest BCUT2D eigenvalue weighted by molar-refractivity contribution is -0.123. The van der Waals surface area contributed by atoms with E-state index in [-0.39, 0.29) is 28.8 Å². The maximum atomic E-state index is 12.2. The molecular weight excluding hydrogens is 381 g/mol. The first-order valence-electron chi connectivity index (χ1n) is 7.81. The van der Waals surface area contributed by atoms with Crippen LogP contribution < -0.4 is 10.6 Å². The van der Waals surface area contributed by atoms with Crippen LogP contribution in [-0.2, 0) is 0 Å². The van der Waals surface area contributed by atoms with E-state index in [4.69, 9.17) is 4.52 Å². The van der Waals surface area contributed by atoms with Crippen molar-refractivity contribution in [3.8, 4) is 23.2 Å². The molecule has 0 aliphatic heterocycles. The van der Waals surface area contributed by atoms with E-state index in [1.54, 1.807) is 19.3 Å². The zero-order valence-corrected chi connectivity index (χ0v) is 14.6. The summed E-state index contributed by atoms with van der Waals surface area (Å²) in [6, 6.07) is 2.67. The summed E-state index contributed by atoms with van der Waals surface area (Å²) in [5.41, 5.74) is 0.185. The Hall–Kier alpha value is -3.64. The van der Waals surface area contributed by atoms with Gasteiger partial charge in [0.1, 0.15) is 18.1 Å². The number of carbonyl (C=O) groups is 1. The highest BCUT2D eigenvalue weighted by Gasteiger charge is 2.28. The minimum atomic E-state index is -4.50. The zero-order valence-electron chi connectivity index (χ0n) is 14.6. The average molecular weight is 394 g/mol. The van der Waals surface area contributed by atoms with Gasteiger partial charge in [-0.1, -0.05) is 5.16 Å². The van der Waals surface area contributed by atoms with Crippen LogP contribution in [0.15, 0.2) is 22.9 Å². The SMILES string of the molecule is CNc1nc(C)nc(-c2noc(-c3ccc(C(=O)NCC(F)(F)F)cn3)n2)n1. The predicted octanol–water partition coefficient (Wildman–Crippen LogP) is 1.63. The van der Waals surface area contributed by atoms with E-state index < -0.39 is 18.6 Å².